The maximum Gasteiger partial charge on any atom is 0.283 e. The number of aromatic nitrogens is 2. The van der Waals surface area contributed by atoms with Gasteiger partial charge in [-0.25, -0.2) is 0 Å². The quantitative estimate of drug-likeness (QED) is 0.443. The average molecular weight is 391 g/mol. The lowest BCUT2D eigenvalue weighted by Gasteiger charge is -2.20. The molecule has 27 heavy (non-hydrogen) atoms. The van der Waals surface area contributed by atoms with E-state index in [1.807, 2.05) is 6.92 Å². The smallest absolute Gasteiger partial charge is 0.283 e. The van der Waals surface area contributed by atoms with Gasteiger partial charge in [0.2, 0.25) is 5.89 Å². The van der Waals surface area contributed by atoms with E-state index in [4.69, 9.17) is 20.4 Å². The summed E-state index contributed by atoms with van der Waals surface area (Å²) in [7, 11) is 0. The highest BCUT2D eigenvalue weighted by Crippen LogP contribution is 2.25. The highest BCUT2D eigenvalue weighted by Gasteiger charge is 2.22. The molecule has 0 bridgehead atoms. The molecule has 0 radical (unpaired) electrons. The normalized spacial score (nSPS) is 10.7. The van der Waals surface area contributed by atoms with Gasteiger partial charge < -0.3 is 13.7 Å². The number of rotatable bonds is 7. The number of furan rings is 1. The molecule has 0 saturated heterocycles. The van der Waals surface area contributed by atoms with Crippen molar-refractivity contribution in [3.63, 3.8) is 0 Å². The second-order valence-electron chi connectivity index (χ2n) is 5.63. The average Bonchev–Trinajstić information content (AvgIpc) is 3.32. The van der Waals surface area contributed by atoms with Gasteiger partial charge in [0.1, 0.15) is 0 Å². The minimum atomic E-state index is -0.571. The van der Waals surface area contributed by atoms with Crippen molar-refractivity contribution in [3.05, 3.63) is 63.2 Å². The summed E-state index contributed by atoms with van der Waals surface area (Å²) in [5.74, 6) is 0.503. The predicted octanol–water partition coefficient (Wildman–Crippen LogP) is 3.94. The fraction of sp³-hybridized carbons (Fsp3) is 0.235. The molecule has 0 aliphatic rings. The molecule has 9 nitrogen and oxygen atoms in total. The SMILES string of the molecule is CCCN(Cc1nnc(-c2ccco2)o1)C(=O)c1ccc([N+](=O)[O-])cc1Cl. The molecule has 1 aromatic carbocycles. The predicted molar refractivity (Wildman–Crippen MR) is 95.1 cm³/mol. The Bertz CT molecular complexity index is 954. The van der Waals surface area contributed by atoms with Crippen molar-refractivity contribution in [2.45, 2.75) is 19.9 Å². The number of nitro benzene ring substituents is 1. The van der Waals surface area contributed by atoms with Gasteiger partial charge in [0.15, 0.2) is 5.76 Å². The lowest BCUT2D eigenvalue weighted by Crippen LogP contribution is -2.31. The zero-order valence-corrected chi connectivity index (χ0v) is 15.0. The largest absolute Gasteiger partial charge is 0.459 e. The van der Waals surface area contributed by atoms with Gasteiger partial charge in [-0.15, -0.1) is 10.2 Å². The Hall–Kier alpha value is -3.20. The lowest BCUT2D eigenvalue weighted by atomic mass is 10.1. The molecule has 0 N–H and O–H groups in total. The van der Waals surface area contributed by atoms with E-state index in [2.05, 4.69) is 10.2 Å². The first kappa shape index (κ1) is 18.6. The van der Waals surface area contributed by atoms with E-state index in [1.165, 1.54) is 23.3 Å². The molecule has 0 aliphatic carbocycles. The van der Waals surface area contributed by atoms with Crippen molar-refractivity contribution in [1.82, 2.24) is 15.1 Å². The van der Waals surface area contributed by atoms with Crippen LogP contribution in [0.1, 0.15) is 29.6 Å². The third-order valence-corrected chi connectivity index (χ3v) is 4.01. The van der Waals surface area contributed by atoms with Crippen LogP contribution < -0.4 is 0 Å². The van der Waals surface area contributed by atoms with Crippen LogP contribution in [0.2, 0.25) is 5.02 Å². The molecule has 1 amide bonds. The summed E-state index contributed by atoms with van der Waals surface area (Å²) in [4.78, 5) is 24.6. The summed E-state index contributed by atoms with van der Waals surface area (Å²) in [5.41, 5.74) is -0.0138. The maximum absolute atomic E-state index is 12.8. The molecule has 0 atom stereocenters. The van der Waals surface area contributed by atoms with Crippen molar-refractivity contribution in [1.29, 1.82) is 0 Å². The Morgan fingerprint density at radius 3 is 2.78 bits per heavy atom. The van der Waals surface area contributed by atoms with Crippen LogP contribution in [-0.2, 0) is 6.54 Å². The van der Waals surface area contributed by atoms with E-state index in [0.717, 1.165) is 6.07 Å². The van der Waals surface area contributed by atoms with Crippen molar-refractivity contribution < 1.29 is 18.6 Å². The highest BCUT2D eigenvalue weighted by atomic mass is 35.5. The molecule has 0 spiro atoms. The zero-order chi connectivity index (χ0) is 19.4. The van der Waals surface area contributed by atoms with Crippen LogP contribution in [0.3, 0.4) is 0 Å². The van der Waals surface area contributed by atoms with Crippen LogP contribution in [0.4, 0.5) is 5.69 Å². The topological polar surface area (TPSA) is 116 Å². The van der Waals surface area contributed by atoms with Crippen LogP contribution in [0.25, 0.3) is 11.7 Å². The second kappa shape index (κ2) is 8.00. The lowest BCUT2D eigenvalue weighted by molar-refractivity contribution is -0.384. The fourth-order valence-corrected chi connectivity index (χ4v) is 2.72. The second-order valence-corrected chi connectivity index (χ2v) is 6.03. The number of nitro groups is 1. The molecule has 2 heterocycles. The molecule has 3 aromatic rings. The summed E-state index contributed by atoms with van der Waals surface area (Å²) >= 11 is 6.07. The van der Waals surface area contributed by atoms with Gasteiger partial charge in [0.05, 0.1) is 28.3 Å². The molecule has 0 unspecified atom stereocenters. The van der Waals surface area contributed by atoms with Crippen molar-refractivity contribution in [2.24, 2.45) is 0 Å². The summed E-state index contributed by atoms with van der Waals surface area (Å²) < 4.78 is 10.7. The summed E-state index contributed by atoms with van der Waals surface area (Å²) in [6.45, 7) is 2.41. The van der Waals surface area contributed by atoms with Crippen LogP contribution in [-0.4, -0.2) is 32.5 Å². The van der Waals surface area contributed by atoms with Gasteiger partial charge in [-0.1, -0.05) is 18.5 Å². The van der Waals surface area contributed by atoms with Crippen LogP contribution in [0.15, 0.2) is 45.4 Å². The molecule has 0 aliphatic heterocycles. The number of benzene rings is 1. The summed E-state index contributed by atoms with van der Waals surface area (Å²) in [6, 6.07) is 7.12. The Balaban J connectivity index is 1.81. The molecular formula is C17H15ClN4O5. The Morgan fingerprint density at radius 1 is 1.33 bits per heavy atom. The third kappa shape index (κ3) is 4.14. The number of amides is 1. The first-order chi connectivity index (χ1) is 13.0. The minimum absolute atomic E-state index is 0.0112. The molecular weight excluding hydrogens is 376 g/mol. The number of hydrogen-bond donors (Lipinski definition) is 0. The van der Waals surface area contributed by atoms with E-state index in [0.29, 0.717) is 18.7 Å². The monoisotopic (exact) mass is 390 g/mol. The number of carbonyl (C=O) groups excluding carboxylic acids is 1. The van der Waals surface area contributed by atoms with Gasteiger partial charge in [0.25, 0.3) is 17.5 Å². The van der Waals surface area contributed by atoms with Crippen LogP contribution in [0, 0.1) is 10.1 Å². The van der Waals surface area contributed by atoms with Gasteiger partial charge in [-0.3, -0.25) is 14.9 Å². The van der Waals surface area contributed by atoms with Gasteiger partial charge in [0, 0.05) is 18.7 Å². The number of non-ortho nitro benzene ring substituents is 1. The van der Waals surface area contributed by atoms with E-state index in [-0.39, 0.29) is 40.5 Å². The molecule has 140 valence electrons. The standard InChI is InChI=1S/C17H15ClN4O5/c1-2-7-21(10-15-19-20-16(27-15)14-4-3-8-26-14)17(23)12-6-5-11(22(24)25)9-13(12)18/h3-6,8-9H,2,7,10H2,1H3. The van der Waals surface area contributed by atoms with Crippen molar-refractivity contribution >= 4 is 23.2 Å². The summed E-state index contributed by atoms with van der Waals surface area (Å²) in [5, 5.41) is 18.7. The maximum atomic E-state index is 12.8. The van der Waals surface area contributed by atoms with E-state index in [1.54, 1.807) is 12.1 Å². The van der Waals surface area contributed by atoms with Gasteiger partial charge in [-0.2, -0.15) is 0 Å². The molecule has 0 saturated carbocycles. The first-order valence-electron chi connectivity index (χ1n) is 8.09. The number of halogens is 1. The van der Waals surface area contributed by atoms with E-state index < -0.39 is 4.92 Å². The Labute approximate surface area is 158 Å². The third-order valence-electron chi connectivity index (χ3n) is 3.70. The van der Waals surface area contributed by atoms with Gasteiger partial charge in [-0.05, 0) is 24.6 Å². The van der Waals surface area contributed by atoms with Crippen molar-refractivity contribution in [2.75, 3.05) is 6.54 Å². The van der Waals surface area contributed by atoms with Gasteiger partial charge >= 0.3 is 0 Å². The fourth-order valence-electron chi connectivity index (χ4n) is 2.46. The Morgan fingerprint density at radius 2 is 2.15 bits per heavy atom. The number of hydrogen-bond acceptors (Lipinski definition) is 7. The molecule has 3 rings (SSSR count). The van der Waals surface area contributed by atoms with Crippen molar-refractivity contribution in [3.8, 4) is 11.7 Å². The first-order valence-corrected chi connectivity index (χ1v) is 8.47. The molecule has 2 aromatic heterocycles. The molecule has 10 heteroatoms. The highest BCUT2D eigenvalue weighted by molar-refractivity contribution is 6.34. The summed E-state index contributed by atoms with van der Waals surface area (Å²) in [6.07, 6.45) is 2.18. The minimum Gasteiger partial charge on any atom is -0.459 e. The Kier molecular flexibility index (Phi) is 5.51. The van der Waals surface area contributed by atoms with E-state index >= 15 is 0 Å². The van der Waals surface area contributed by atoms with E-state index in [9.17, 15) is 14.9 Å². The van der Waals surface area contributed by atoms with Crippen LogP contribution in [0.5, 0.6) is 0 Å². The number of carbonyl (C=O) groups is 1. The zero-order valence-electron chi connectivity index (χ0n) is 14.3. The van der Waals surface area contributed by atoms with Crippen LogP contribution >= 0.6 is 11.6 Å². The molecule has 0 fully saturated rings. The number of nitrogens with zero attached hydrogens (tertiary/aromatic N) is 4.